The molecule has 4 atom stereocenters. The Bertz CT molecular complexity index is 2670. The standard InChI is InChI=1S/2C11H12O3.C10H11BrO.C10H12O2.C9H10O.C8H8O2.C4H8O.C2H4.CHCl3.Al.Li.4H/c1-13-11(12)7-9-6-8-4-2-3-5-10(8)14-9;1-14-11(13)8-4-6-9-5-2-3-7-10(9)12;2*11-6-5-9-7-8-3-1-2-4-10(8)12-9;1-2-5-8-6-3-4-7-9(8)10;9-8-5-6-3-1-2-4-7(6)10-8;1-2-4-5-3-1;1-2;2-1(3)4;;;;;;/h2-5,9H,6-7H2,1H3;2-5,7-8,12H,6H2,1H3;1-4,9H,5-7H2;1-4,9,11H,5-7H2;2-4,6-7,10H,1,5H2;1-4,8-9H,5H2;1-4H2;1-2H2;1H;;;;;;/q;;;;;;;;;;+1;;;;-1/b;8-4+;;;;;;;;;;;;;. The first-order valence-electron chi connectivity index (χ1n) is 27.1. The van der Waals surface area contributed by atoms with Crippen molar-refractivity contribution in [3.8, 4) is 34.5 Å². The van der Waals surface area contributed by atoms with Crippen LogP contribution in [-0.2, 0) is 62.3 Å². The maximum absolute atomic E-state index is 11.0. The van der Waals surface area contributed by atoms with E-state index in [0.717, 1.165) is 96.8 Å². The molecule has 0 aromatic heterocycles. The van der Waals surface area contributed by atoms with Crippen molar-refractivity contribution in [1.82, 2.24) is 0 Å². The number of carbonyl (C=O) groups excluding carboxylic acids is 2. The van der Waals surface area contributed by atoms with Crippen LogP contribution in [0.25, 0.3) is 0 Å². The first-order chi connectivity index (χ1) is 40.3. The minimum absolute atomic E-state index is 0. The van der Waals surface area contributed by atoms with Gasteiger partial charge in [0.25, 0.3) is 0 Å². The number of carbonyl (C=O) groups is 2. The van der Waals surface area contributed by atoms with Gasteiger partial charge in [0, 0.05) is 68.9 Å². The first-order valence-corrected chi connectivity index (χ1v) is 29.5. The van der Waals surface area contributed by atoms with Crippen molar-refractivity contribution in [3.63, 3.8) is 0 Å². The van der Waals surface area contributed by atoms with Crippen LogP contribution in [0.5, 0.6) is 34.5 Å². The molecular formula is C66H82AlBrCl3LiO13. The van der Waals surface area contributed by atoms with Gasteiger partial charge in [-0.15, -0.1) is 19.7 Å². The monoisotopic (exact) mass is 1300 g/mol. The molecule has 0 spiro atoms. The maximum Gasteiger partial charge on any atom is 1.00 e. The number of phenols is 2. The number of phenolic OH excluding ortho intramolecular Hbond substituents is 2. The predicted octanol–water partition coefficient (Wildman–Crippen LogP) is 9.94. The number of allylic oxidation sites excluding steroid dienone is 2. The van der Waals surface area contributed by atoms with Gasteiger partial charge < -0.3 is 55.0 Å². The van der Waals surface area contributed by atoms with E-state index in [4.69, 9.17) is 68.7 Å². The van der Waals surface area contributed by atoms with Crippen LogP contribution in [0.2, 0.25) is 0 Å². The summed E-state index contributed by atoms with van der Waals surface area (Å²) < 4.78 is 35.2. The Morgan fingerprint density at radius 1 is 0.624 bits per heavy atom. The van der Waals surface area contributed by atoms with E-state index in [9.17, 15) is 19.8 Å². The fraction of sp³-hybridized carbons (Fsp3) is 0.333. The molecule has 5 heterocycles. The number of halogens is 4. The fourth-order valence-electron chi connectivity index (χ4n) is 8.28. The van der Waals surface area contributed by atoms with Gasteiger partial charge in [-0.3, -0.25) is 4.79 Å². The Morgan fingerprint density at radius 3 is 1.39 bits per heavy atom. The summed E-state index contributed by atoms with van der Waals surface area (Å²) in [5.41, 5.74) is 6.58. The minimum Gasteiger partial charge on any atom is -1.00 e. The molecule has 0 amide bonds. The van der Waals surface area contributed by atoms with Crippen molar-refractivity contribution in [2.75, 3.05) is 39.4 Å². The molecule has 0 radical (unpaired) electrons. The zero-order valence-corrected chi connectivity index (χ0v) is 52.0. The van der Waals surface area contributed by atoms with Crippen molar-refractivity contribution in [1.29, 1.82) is 0 Å². The quantitative estimate of drug-likeness (QED) is 0.0317. The number of esters is 2. The number of benzene rings is 6. The normalized spacial score (nSPS) is 16.0. The summed E-state index contributed by atoms with van der Waals surface area (Å²) in [6.45, 7) is 11.8. The van der Waals surface area contributed by atoms with Gasteiger partial charge in [-0.2, -0.15) is 0 Å². The van der Waals surface area contributed by atoms with Crippen molar-refractivity contribution in [3.05, 3.63) is 217 Å². The molecule has 5 aliphatic heterocycles. The molecule has 5 aliphatic rings. The molecule has 6 aromatic rings. The first kappa shape index (κ1) is 77.7. The SMILES string of the molecule is BrCCC1Cc2ccccc2O1.C1CCOC1.C=C.C=CCc1ccccc1O.COC(=O)/C=C/Cc1ccccc1O.COC(=O)CC1Cc2ccccc2O1.ClC(Cl)Cl.OC1Cc2ccccc2O1.OCCC1Cc2ccccc2O1.[AlH3].[H-].[Li+]. The van der Waals surface area contributed by atoms with Crippen molar-refractivity contribution >= 4 is 80.0 Å². The van der Waals surface area contributed by atoms with Crippen LogP contribution >= 0.6 is 50.7 Å². The van der Waals surface area contributed by atoms with E-state index < -0.39 is 10.6 Å². The van der Waals surface area contributed by atoms with Crippen molar-refractivity contribution in [2.45, 2.75) is 99.5 Å². The molecule has 4 unspecified atom stereocenters. The summed E-state index contributed by atoms with van der Waals surface area (Å²) in [4.78, 5) is 21.7. The third-order valence-electron chi connectivity index (χ3n) is 12.2. The van der Waals surface area contributed by atoms with Gasteiger partial charge in [-0.1, -0.05) is 172 Å². The molecule has 1 fully saturated rings. The van der Waals surface area contributed by atoms with E-state index in [0.29, 0.717) is 31.1 Å². The van der Waals surface area contributed by atoms with Crippen LogP contribution in [0.3, 0.4) is 0 Å². The summed E-state index contributed by atoms with van der Waals surface area (Å²) in [5, 5.41) is 37.4. The summed E-state index contributed by atoms with van der Waals surface area (Å²) >= 11 is 17.8. The Hall–Kier alpha value is -5.36. The van der Waals surface area contributed by atoms with E-state index in [1.54, 1.807) is 36.4 Å². The number of aliphatic hydroxyl groups is 2. The third-order valence-corrected chi connectivity index (χ3v) is 12.7. The van der Waals surface area contributed by atoms with Crippen molar-refractivity contribution in [2.24, 2.45) is 0 Å². The molecule has 456 valence electrons. The van der Waals surface area contributed by atoms with Gasteiger partial charge >= 0.3 is 30.8 Å². The molecule has 19 heteroatoms. The topological polar surface area (TPSA) is 180 Å². The average molecular weight is 1300 g/mol. The minimum atomic E-state index is -0.750. The zero-order valence-electron chi connectivity index (χ0n) is 49.2. The number of aromatic hydroxyl groups is 2. The Balaban J connectivity index is 0.000000970. The number of ether oxygens (including phenoxy) is 7. The van der Waals surface area contributed by atoms with Crippen LogP contribution in [-0.4, -0.2) is 118 Å². The van der Waals surface area contributed by atoms with E-state index in [-0.39, 0.29) is 74.2 Å². The molecule has 85 heavy (non-hydrogen) atoms. The van der Waals surface area contributed by atoms with Gasteiger partial charge in [0.1, 0.15) is 52.8 Å². The van der Waals surface area contributed by atoms with E-state index in [1.807, 2.05) is 103 Å². The van der Waals surface area contributed by atoms with Crippen molar-refractivity contribution < 1.29 is 83.5 Å². The number of aliphatic hydroxyl groups excluding tert-OH is 2. The second-order valence-electron chi connectivity index (χ2n) is 18.3. The van der Waals surface area contributed by atoms with E-state index in [2.05, 4.69) is 63.3 Å². The number of rotatable bonds is 11. The summed E-state index contributed by atoms with van der Waals surface area (Å²) in [6, 6.07) is 46.1. The van der Waals surface area contributed by atoms with Crippen LogP contribution in [0, 0.1) is 0 Å². The second-order valence-corrected chi connectivity index (χ2v) is 21.0. The third kappa shape index (κ3) is 31.7. The smallest absolute Gasteiger partial charge is 1.00 e. The van der Waals surface area contributed by atoms with Gasteiger partial charge in [-0.05, 0) is 96.3 Å². The molecule has 13 nitrogen and oxygen atoms in total. The Kier molecular flexibility index (Phi) is 42.8. The van der Waals surface area contributed by atoms with E-state index >= 15 is 0 Å². The van der Waals surface area contributed by atoms with Crippen LogP contribution < -0.4 is 37.8 Å². The summed E-state index contributed by atoms with van der Waals surface area (Å²) in [7, 11) is 2.72. The van der Waals surface area contributed by atoms with Crippen LogP contribution in [0.1, 0.15) is 66.9 Å². The zero-order chi connectivity index (χ0) is 60.6. The predicted molar refractivity (Wildman–Crippen MR) is 346 cm³/mol. The number of hydrogen-bond acceptors (Lipinski definition) is 13. The maximum atomic E-state index is 11.0. The molecule has 4 N–H and O–H groups in total. The molecule has 0 bridgehead atoms. The average Bonchev–Trinajstić information content (AvgIpc) is 4.55. The second kappa shape index (κ2) is 46.8. The molecule has 0 aliphatic carbocycles. The molecular weight excluding hydrogens is 1220 g/mol. The summed E-state index contributed by atoms with van der Waals surface area (Å²) in [5.74, 6) is 3.74. The molecule has 11 rings (SSSR count). The number of alkyl halides is 4. The Labute approximate surface area is 549 Å². The largest absolute Gasteiger partial charge is 1.00 e. The van der Waals surface area contributed by atoms with Gasteiger partial charge in [-0.25, -0.2) is 4.79 Å². The molecule has 1 saturated heterocycles. The van der Waals surface area contributed by atoms with Crippen LogP contribution in [0.4, 0.5) is 0 Å². The van der Waals surface area contributed by atoms with Gasteiger partial charge in [0.05, 0.1) is 20.6 Å². The van der Waals surface area contributed by atoms with Gasteiger partial charge in [0.15, 0.2) is 21.7 Å². The number of fused-ring (bicyclic) bond motifs is 4. The molecule has 0 saturated carbocycles. The van der Waals surface area contributed by atoms with Gasteiger partial charge in [0.2, 0.25) is 6.29 Å². The van der Waals surface area contributed by atoms with Crippen LogP contribution in [0.15, 0.2) is 184 Å². The number of para-hydroxylation sites is 6. The summed E-state index contributed by atoms with van der Waals surface area (Å²) in [6.07, 6.45) is 14.0. The fourth-order valence-corrected chi connectivity index (χ4v) is 8.79. The number of hydrogen-bond donors (Lipinski definition) is 4. The number of methoxy groups -OCH3 is 2. The molecule has 6 aromatic carbocycles. The van der Waals surface area contributed by atoms with E-state index in [1.165, 1.54) is 49.8 Å². The Morgan fingerprint density at radius 2 is 1.01 bits per heavy atom.